The third-order valence-corrected chi connectivity index (χ3v) is 2.32. The molecule has 0 saturated heterocycles. The summed E-state index contributed by atoms with van der Waals surface area (Å²) in [4.78, 5) is 10.6. The molecule has 0 radical (unpaired) electrons. The lowest BCUT2D eigenvalue weighted by molar-refractivity contribution is -0.138. The van der Waals surface area contributed by atoms with E-state index in [2.05, 4.69) is 0 Å². The number of benzene rings is 1. The van der Waals surface area contributed by atoms with E-state index in [1.54, 1.807) is 27.8 Å². The van der Waals surface area contributed by atoms with Crippen molar-refractivity contribution < 1.29 is 15.0 Å². The summed E-state index contributed by atoms with van der Waals surface area (Å²) in [7, 11) is 3.55. The fourth-order valence-corrected chi connectivity index (χ4v) is 1.50. The average molecular weight is 205 g/mol. The standard InChI is InChI=1S/C9H13B2NO3/c10-5-1-4(2-6(11)8(5)13)3-7(12)9(14)15/h1-2,7,13H,3,10-12H2,(H,14,15)/t7-/m0/s1. The number of rotatable bonds is 3. The van der Waals surface area contributed by atoms with Crippen molar-refractivity contribution in [3.63, 3.8) is 0 Å². The van der Waals surface area contributed by atoms with E-state index in [4.69, 9.17) is 10.8 Å². The monoisotopic (exact) mass is 205 g/mol. The van der Waals surface area contributed by atoms with E-state index in [0.29, 0.717) is 0 Å². The van der Waals surface area contributed by atoms with Crippen molar-refractivity contribution in [2.75, 3.05) is 0 Å². The summed E-state index contributed by atoms with van der Waals surface area (Å²) in [6.45, 7) is 0. The highest BCUT2D eigenvalue weighted by Crippen LogP contribution is 2.05. The van der Waals surface area contributed by atoms with Crippen LogP contribution >= 0.6 is 0 Å². The molecule has 0 aliphatic heterocycles. The van der Waals surface area contributed by atoms with Crippen LogP contribution in [-0.2, 0) is 11.2 Å². The minimum absolute atomic E-state index is 0.252. The summed E-state index contributed by atoms with van der Waals surface area (Å²) in [5.41, 5.74) is 7.73. The Morgan fingerprint density at radius 3 is 2.27 bits per heavy atom. The van der Waals surface area contributed by atoms with Gasteiger partial charge >= 0.3 is 5.97 Å². The number of carboxylic acids is 1. The maximum atomic E-state index is 10.6. The molecule has 4 nitrogen and oxygen atoms in total. The number of aliphatic carboxylic acids is 1. The van der Waals surface area contributed by atoms with Crippen LogP contribution in [-0.4, -0.2) is 37.9 Å². The SMILES string of the molecule is Bc1cc(C[C@H](N)C(=O)O)cc(B)c1O. The zero-order valence-corrected chi connectivity index (χ0v) is 8.82. The molecule has 1 aromatic rings. The molecule has 78 valence electrons. The fourth-order valence-electron chi connectivity index (χ4n) is 1.50. The van der Waals surface area contributed by atoms with E-state index in [9.17, 15) is 9.90 Å². The van der Waals surface area contributed by atoms with Crippen molar-refractivity contribution >= 4 is 32.6 Å². The summed E-state index contributed by atoms with van der Waals surface area (Å²) < 4.78 is 0. The Bertz CT molecular complexity index is 372. The van der Waals surface area contributed by atoms with Crippen molar-refractivity contribution in [2.45, 2.75) is 12.5 Å². The summed E-state index contributed by atoms with van der Waals surface area (Å²) in [6, 6.07) is 2.62. The molecule has 0 fully saturated rings. The molecule has 15 heavy (non-hydrogen) atoms. The first-order valence-electron chi connectivity index (χ1n) is 4.69. The largest absolute Gasteiger partial charge is 0.509 e. The Morgan fingerprint density at radius 2 is 1.87 bits per heavy atom. The highest BCUT2D eigenvalue weighted by atomic mass is 16.4. The van der Waals surface area contributed by atoms with Gasteiger partial charge in [-0.05, 0) is 22.9 Å². The van der Waals surface area contributed by atoms with Gasteiger partial charge in [0, 0.05) is 0 Å². The molecule has 1 aromatic carbocycles. The number of carboxylic acid groups (broad SMARTS) is 1. The van der Waals surface area contributed by atoms with E-state index < -0.39 is 12.0 Å². The van der Waals surface area contributed by atoms with Crippen molar-refractivity contribution in [3.05, 3.63) is 17.7 Å². The van der Waals surface area contributed by atoms with E-state index >= 15 is 0 Å². The number of phenolic OH excluding ortho intramolecular Hbond substituents is 1. The van der Waals surface area contributed by atoms with Crippen LogP contribution in [0, 0.1) is 0 Å². The third kappa shape index (κ3) is 2.76. The van der Waals surface area contributed by atoms with Crippen LogP contribution in [0.1, 0.15) is 5.56 Å². The molecule has 6 heteroatoms. The maximum absolute atomic E-state index is 10.6. The molecule has 0 aliphatic rings. The summed E-state index contributed by atoms with van der Waals surface area (Å²) >= 11 is 0. The first-order chi connectivity index (χ1) is 6.91. The summed E-state index contributed by atoms with van der Waals surface area (Å²) in [5, 5.41) is 18.2. The van der Waals surface area contributed by atoms with Crippen molar-refractivity contribution in [2.24, 2.45) is 5.73 Å². The Kier molecular flexibility index (Phi) is 3.42. The van der Waals surface area contributed by atoms with Gasteiger partial charge in [-0.2, -0.15) is 0 Å². The second kappa shape index (κ2) is 4.40. The van der Waals surface area contributed by atoms with Crippen LogP contribution in [0.15, 0.2) is 12.1 Å². The number of hydrogen-bond donors (Lipinski definition) is 3. The quantitative estimate of drug-likeness (QED) is 0.455. The van der Waals surface area contributed by atoms with Gasteiger partial charge in [-0.15, -0.1) is 0 Å². The molecule has 0 aromatic heterocycles. The number of carbonyl (C=O) groups is 1. The normalized spacial score (nSPS) is 12.3. The van der Waals surface area contributed by atoms with Gasteiger partial charge in [0.15, 0.2) is 0 Å². The second-order valence-electron chi connectivity index (χ2n) is 3.73. The van der Waals surface area contributed by atoms with Gasteiger partial charge in [0.25, 0.3) is 0 Å². The maximum Gasteiger partial charge on any atom is 0.320 e. The first-order valence-corrected chi connectivity index (χ1v) is 4.69. The zero-order chi connectivity index (χ0) is 11.6. The van der Waals surface area contributed by atoms with Crippen LogP contribution < -0.4 is 16.7 Å². The van der Waals surface area contributed by atoms with Gasteiger partial charge in [-0.3, -0.25) is 4.79 Å². The molecule has 0 bridgehead atoms. The summed E-state index contributed by atoms with van der Waals surface area (Å²) in [5.74, 6) is -0.763. The van der Waals surface area contributed by atoms with Crippen molar-refractivity contribution in [3.8, 4) is 5.75 Å². The molecular formula is C9H13B2NO3. The predicted molar refractivity (Wildman–Crippen MR) is 63.8 cm³/mol. The minimum atomic E-state index is -1.02. The molecule has 0 saturated carbocycles. The lowest BCUT2D eigenvalue weighted by atomic mass is 9.83. The van der Waals surface area contributed by atoms with E-state index in [1.165, 1.54) is 0 Å². The number of hydrogen-bond acceptors (Lipinski definition) is 3. The minimum Gasteiger partial charge on any atom is -0.509 e. The zero-order valence-electron chi connectivity index (χ0n) is 8.82. The predicted octanol–water partition coefficient (Wildman–Crippen LogP) is -3.14. The Morgan fingerprint density at radius 1 is 1.40 bits per heavy atom. The van der Waals surface area contributed by atoms with Crippen LogP contribution in [0.3, 0.4) is 0 Å². The van der Waals surface area contributed by atoms with Gasteiger partial charge in [0.2, 0.25) is 0 Å². The summed E-state index contributed by atoms with van der Waals surface area (Å²) in [6.07, 6.45) is 0.275. The van der Waals surface area contributed by atoms with E-state index in [-0.39, 0.29) is 12.2 Å². The average Bonchev–Trinajstić information content (AvgIpc) is 2.13. The van der Waals surface area contributed by atoms with E-state index in [0.717, 1.165) is 16.5 Å². The lowest BCUT2D eigenvalue weighted by Crippen LogP contribution is -2.33. The number of phenols is 1. The smallest absolute Gasteiger partial charge is 0.320 e. The number of nitrogens with two attached hydrogens (primary N) is 1. The lowest BCUT2D eigenvalue weighted by Gasteiger charge is -2.10. The molecule has 4 N–H and O–H groups in total. The van der Waals surface area contributed by atoms with Crippen molar-refractivity contribution in [1.29, 1.82) is 0 Å². The van der Waals surface area contributed by atoms with Gasteiger partial charge in [0.1, 0.15) is 27.5 Å². The van der Waals surface area contributed by atoms with Crippen LogP contribution in [0.5, 0.6) is 5.75 Å². The molecule has 0 amide bonds. The Hall–Kier alpha value is -1.42. The first kappa shape index (κ1) is 11.7. The Balaban J connectivity index is 2.92. The molecular weight excluding hydrogens is 192 g/mol. The van der Waals surface area contributed by atoms with Gasteiger partial charge in [-0.25, -0.2) is 0 Å². The molecule has 0 heterocycles. The molecule has 1 rings (SSSR count). The second-order valence-corrected chi connectivity index (χ2v) is 3.73. The Labute approximate surface area is 89.9 Å². The fraction of sp³-hybridized carbons (Fsp3) is 0.222. The molecule has 0 aliphatic carbocycles. The van der Waals surface area contributed by atoms with Gasteiger partial charge < -0.3 is 15.9 Å². The van der Waals surface area contributed by atoms with Crippen LogP contribution in [0.4, 0.5) is 0 Å². The molecule has 0 spiro atoms. The van der Waals surface area contributed by atoms with E-state index in [1.807, 2.05) is 0 Å². The van der Waals surface area contributed by atoms with Crippen LogP contribution in [0.25, 0.3) is 0 Å². The van der Waals surface area contributed by atoms with Crippen molar-refractivity contribution in [1.82, 2.24) is 0 Å². The van der Waals surface area contributed by atoms with Gasteiger partial charge in [-0.1, -0.05) is 12.1 Å². The number of aromatic hydroxyl groups is 1. The highest BCUT2D eigenvalue weighted by Gasteiger charge is 2.13. The highest BCUT2D eigenvalue weighted by molar-refractivity contribution is 6.41. The van der Waals surface area contributed by atoms with Gasteiger partial charge in [0.05, 0.1) is 0 Å². The third-order valence-electron chi connectivity index (χ3n) is 2.32. The molecule has 0 unspecified atom stereocenters. The van der Waals surface area contributed by atoms with Crippen LogP contribution in [0.2, 0.25) is 0 Å². The topological polar surface area (TPSA) is 83.6 Å². The molecule has 1 atom stereocenters.